The topological polar surface area (TPSA) is 79.0 Å². The smallest absolute Gasteiger partial charge is 0.273 e. The van der Waals surface area contributed by atoms with Crippen molar-refractivity contribution in [3.8, 4) is 11.1 Å². The molecule has 2 N–H and O–H groups in total. The van der Waals surface area contributed by atoms with Crippen molar-refractivity contribution in [2.45, 2.75) is 18.7 Å². The Balaban J connectivity index is 2.01. The summed E-state index contributed by atoms with van der Waals surface area (Å²) in [7, 11) is -3.95. The molecule has 0 spiro atoms. The number of H-pyrrole nitrogens is 1. The van der Waals surface area contributed by atoms with Crippen LogP contribution in [0.25, 0.3) is 22.0 Å². The third kappa shape index (κ3) is 3.54. The van der Waals surface area contributed by atoms with E-state index < -0.39 is 15.6 Å². The van der Waals surface area contributed by atoms with Crippen molar-refractivity contribution in [3.05, 3.63) is 94.3 Å². The van der Waals surface area contributed by atoms with Gasteiger partial charge in [0.25, 0.3) is 15.6 Å². The van der Waals surface area contributed by atoms with E-state index in [1.165, 1.54) is 6.07 Å². The van der Waals surface area contributed by atoms with E-state index in [1.807, 2.05) is 55.5 Å². The van der Waals surface area contributed by atoms with Crippen LogP contribution in [-0.4, -0.2) is 13.4 Å². The molecule has 3 aromatic carbocycles. The van der Waals surface area contributed by atoms with Crippen molar-refractivity contribution in [2.24, 2.45) is 0 Å². The molecule has 0 aliphatic carbocycles. The van der Waals surface area contributed by atoms with Crippen LogP contribution in [0.1, 0.15) is 11.1 Å². The third-order valence-electron chi connectivity index (χ3n) is 4.85. The summed E-state index contributed by atoms with van der Waals surface area (Å²) in [6.07, 6.45) is 0. The molecule has 1 aromatic heterocycles. The molecule has 29 heavy (non-hydrogen) atoms. The number of aromatic amines is 1. The van der Waals surface area contributed by atoms with Crippen molar-refractivity contribution < 1.29 is 8.42 Å². The molecule has 5 nitrogen and oxygen atoms in total. The number of hydrogen-bond acceptors (Lipinski definition) is 3. The number of fused-ring (bicyclic) bond motifs is 1. The van der Waals surface area contributed by atoms with Crippen molar-refractivity contribution in [2.75, 3.05) is 4.72 Å². The average Bonchev–Trinajstić information content (AvgIpc) is 2.70. The average molecular weight is 404 g/mol. The Morgan fingerprint density at radius 2 is 1.55 bits per heavy atom. The molecule has 0 aliphatic heterocycles. The zero-order valence-electron chi connectivity index (χ0n) is 16.1. The highest BCUT2D eigenvalue weighted by Crippen LogP contribution is 2.34. The van der Waals surface area contributed by atoms with E-state index >= 15 is 0 Å². The number of hydrogen-bond donors (Lipinski definition) is 2. The summed E-state index contributed by atoms with van der Waals surface area (Å²) in [6.45, 7) is 3.68. The van der Waals surface area contributed by atoms with Crippen LogP contribution in [0.2, 0.25) is 0 Å². The van der Waals surface area contributed by atoms with Gasteiger partial charge in [-0.3, -0.25) is 9.52 Å². The Kier molecular flexibility index (Phi) is 4.72. The fourth-order valence-corrected chi connectivity index (χ4v) is 4.78. The molecule has 0 fully saturated rings. The first-order chi connectivity index (χ1) is 13.9. The number of anilines is 1. The van der Waals surface area contributed by atoms with E-state index in [2.05, 4.69) is 9.71 Å². The van der Waals surface area contributed by atoms with E-state index in [4.69, 9.17) is 0 Å². The molecule has 0 atom stereocenters. The van der Waals surface area contributed by atoms with Gasteiger partial charge in [-0.2, -0.15) is 0 Å². The maximum absolute atomic E-state index is 13.1. The highest BCUT2D eigenvalue weighted by Gasteiger charge is 2.22. The van der Waals surface area contributed by atoms with Gasteiger partial charge in [0.15, 0.2) is 0 Å². The number of benzene rings is 3. The number of pyridine rings is 1. The van der Waals surface area contributed by atoms with Crippen molar-refractivity contribution in [1.82, 2.24) is 4.98 Å². The van der Waals surface area contributed by atoms with Gasteiger partial charge in [0.05, 0.1) is 4.90 Å². The second kappa shape index (κ2) is 7.22. The molecule has 0 bridgehead atoms. The Bertz CT molecular complexity index is 1370. The number of sulfonamides is 1. The summed E-state index contributed by atoms with van der Waals surface area (Å²) in [5.41, 5.74) is 3.11. The number of rotatable bonds is 4. The predicted octanol–water partition coefficient (Wildman–Crippen LogP) is 4.61. The summed E-state index contributed by atoms with van der Waals surface area (Å²) in [5, 5.41) is 0.776. The van der Waals surface area contributed by atoms with Crippen LogP contribution in [0.5, 0.6) is 0 Å². The van der Waals surface area contributed by atoms with Crippen molar-refractivity contribution in [1.29, 1.82) is 0 Å². The Hall–Kier alpha value is -3.38. The van der Waals surface area contributed by atoms with Gasteiger partial charge in [-0.25, -0.2) is 8.42 Å². The maximum Gasteiger partial charge on any atom is 0.273 e. The maximum atomic E-state index is 13.1. The molecule has 6 heteroatoms. The molecule has 0 saturated carbocycles. The standard InChI is InChI=1S/C23H20N2O3S/c1-15-12-13-19-18(14-15)21(17-9-4-3-5-10-17)22(23(26)24-19)25-29(27,28)20-11-7-6-8-16(20)2/h3-14,25H,1-2H3,(H,24,26). The lowest BCUT2D eigenvalue weighted by Gasteiger charge is -2.16. The van der Waals surface area contributed by atoms with Gasteiger partial charge in [0, 0.05) is 16.5 Å². The molecule has 146 valence electrons. The number of aromatic nitrogens is 1. The normalized spacial score (nSPS) is 11.5. The van der Waals surface area contributed by atoms with Crippen LogP contribution in [0.4, 0.5) is 5.69 Å². The lowest BCUT2D eigenvalue weighted by Crippen LogP contribution is -2.22. The van der Waals surface area contributed by atoms with E-state index in [0.717, 1.165) is 16.5 Å². The SMILES string of the molecule is Cc1ccc2[nH]c(=O)c(NS(=O)(=O)c3ccccc3C)c(-c3ccccc3)c2c1. The Morgan fingerprint density at radius 3 is 2.28 bits per heavy atom. The lowest BCUT2D eigenvalue weighted by molar-refractivity contribution is 0.600. The minimum absolute atomic E-state index is 0.0116. The van der Waals surface area contributed by atoms with E-state index in [0.29, 0.717) is 16.6 Å². The molecule has 0 amide bonds. The minimum Gasteiger partial charge on any atom is -0.320 e. The Morgan fingerprint density at radius 1 is 0.862 bits per heavy atom. The quantitative estimate of drug-likeness (QED) is 0.521. The first-order valence-corrected chi connectivity index (χ1v) is 10.7. The van der Waals surface area contributed by atoms with Gasteiger partial charge < -0.3 is 4.98 Å². The van der Waals surface area contributed by atoms with Crippen LogP contribution in [0.15, 0.2) is 82.5 Å². The van der Waals surface area contributed by atoms with Crippen LogP contribution in [0, 0.1) is 13.8 Å². The number of nitrogens with one attached hydrogen (secondary N) is 2. The molecule has 0 radical (unpaired) electrons. The molecule has 0 saturated heterocycles. The summed E-state index contributed by atoms with van der Waals surface area (Å²) >= 11 is 0. The molecule has 4 aromatic rings. The zero-order valence-corrected chi connectivity index (χ0v) is 16.9. The van der Waals surface area contributed by atoms with Gasteiger partial charge in [0.1, 0.15) is 5.69 Å². The fourth-order valence-electron chi connectivity index (χ4n) is 3.46. The van der Waals surface area contributed by atoms with Crippen LogP contribution in [-0.2, 0) is 10.0 Å². The Labute approximate surface area is 169 Å². The minimum atomic E-state index is -3.95. The third-order valence-corrected chi connectivity index (χ3v) is 6.36. The van der Waals surface area contributed by atoms with Gasteiger partial charge >= 0.3 is 0 Å². The second-order valence-electron chi connectivity index (χ2n) is 6.99. The van der Waals surface area contributed by atoms with Crippen LogP contribution < -0.4 is 10.3 Å². The van der Waals surface area contributed by atoms with Gasteiger partial charge in [-0.15, -0.1) is 0 Å². The largest absolute Gasteiger partial charge is 0.320 e. The highest BCUT2D eigenvalue weighted by atomic mass is 32.2. The highest BCUT2D eigenvalue weighted by molar-refractivity contribution is 7.92. The molecule has 4 rings (SSSR count). The van der Waals surface area contributed by atoms with E-state index in [1.54, 1.807) is 25.1 Å². The van der Waals surface area contributed by atoms with Crippen molar-refractivity contribution >= 4 is 26.6 Å². The summed E-state index contributed by atoms with van der Waals surface area (Å²) < 4.78 is 28.7. The summed E-state index contributed by atoms with van der Waals surface area (Å²) in [5.74, 6) is 0. The van der Waals surface area contributed by atoms with Gasteiger partial charge in [-0.05, 0) is 43.2 Å². The predicted molar refractivity (Wildman–Crippen MR) is 117 cm³/mol. The number of aryl methyl sites for hydroxylation is 2. The van der Waals surface area contributed by atoms with E-state index in [9.17, 15) is 13.2 Å². The lowest BCUT2D eigenvalue weighted by atomic mass is 9.98. The molecular weight excluding hydrogens is 384 g/mol. The zero-order chi connectivity index (χ0) is 20.6. The fraction of sp³-hybridized carbons (Fsp3) is 0.0870. The molecule has 0 unspecified atom stereocenters. The van der Waals surface area contributed by atoms with E-state index in [-0.39, 0.29) is 10.6 Å². The van der Waals surface area contributed by atoms with Crippen LogP contribution >= 0.6 is 0 Å². The molecular formula is C23H20N2O3S. The monoisotopic (exact) mass is 404 g/mol. The van der Waals surface area contributed by atoms with Crippen molar-refractivity contribution in [3.63, 3.8) is 0 Å². The molecule has 0 aliphatic rings. The van der Waals surface area contributed by atoms with Gasteiger partial charge in [-0.1, -0.05) is 60.2 Å². The summed E-state index contributed by atoms with van der Waals surface area (Å²) in [4.78, 5) is 15.9. The summed E-state index contributed by atoms with van der Waals surface area (Å²) in [6, 6.07) is 21.7. The first-order valence-electron chi connectivity index (χ1n) is 9.17. The second-order valence-corrected chi connectivity index (χ2v) is 8.64. The first kappa shape index (κ1) is 19.0. The molecule has 1 heterocycles. The van der Waals surface area contributed by atoms with Gasteiger partial charge in [0.2, 0.25) is 0 Å². The van der Waals surface area contributed by atoms with Crippen LogP contribution in [0.3, 0.4) is 0 Å².